The summed E-state index contributed by atoms with van der Waals surface area (Å²) in [4.78, 5) is 9.99. The molecule has 0 bridgehead atoms. The van der Waals surface area contributed by atoms with E-state index in [-0.39, 0.29) is 6.10 Å². The Morgan fingerprint density at radius 3 is 3.09 bits per heavy atom. The van der Waals surface area contributed by atoms with Crippen LogP contribution in [0.25, 0.3) is 0 Å². The van der Waals surface area contributed by atoms with E-state index in [0.29, 0.717) is 6.47 Å². The van der Waals surface area contributed by atoms with Crippen molar-refractivity contribution in [2.45, 2.75) is 25.9 Å². The van der Waals surface area contributed by atoms with Gasteiger partial charge in [-0.05, 0) is 25.3 Å². The smallest absolute Gasteiger partial charge is 0.293 e. The van der Waals surface area contributed by atoms with Crippen LogP contribution in [-0.2, 0) is 9.53 Å². The normalized spacial score (nSPS) is 18.8. The first-order valence-electron chi connectivity index (χ1n) is 3.79. The zero-order valence-electron chi connectivity index (χ0n) is 6.62. The standard InChI is InChI=1S/C9H12O2/c1-8(11-7-10)9-5-3-2-4-6-9/h2-3,5,7-8H,4,6H2,1H3. The fourth-order valence-electron chi connectivity index (χ4n) is 1.13. The number of ether oxygens (including phenoxy) is 1. The van der Waals surface area contributed by atoms with E-state index in [2.05, 4.69) is 6.08 Å². The maximum Gasteiger partial charge on any atom is 0.293 e. The predicted molar refractivity (Wildman–Crippen MR) is 43.1 cm³/mol. The van der Waals surface area contributed by atoms with Gasteiger partial charge in [-0.3, -0.25) is 4.79 Å². The molecule has 0 heterocycles. The first-order valence-corrected chi connectivity index (χ1v) is 3.79. The van der Waals surface area contributed by atoms with E-state index < -0.39 is 0 Å². The molecule has 0 aromatic carbocycles. The van der Waals surface area contributed by atoms with Crippen LogP contribution in [-0.4, -0.2) is 12.6 Å². The van der Waals surface area contributed by atoms with E-state index in [1.807, 2.05) is 19.1 Å². The molecule has 0 saturated carbocycles. The van der Waals surface area contributed by atoms with Crippen molar-refractivity contribution in [1.82, 2.24) is 0 Å². The largest absolute Gasteiger partial charge is 0.460 e. The second kappa shape index (κ2) is 3.96. The molecule has 11 heavy (non-hydrogen) atoms. The van der Waals surface area contributed by atoms with Gasteiger partial charge in [0, 0.05) is 0 Å². The maximum absolute atomic E-state index is 9.99. The molecule has 0 radical (unpaired) electrons. The minimum Gasteiger partial charge on any atom is -0.460 e. The SMILES string of the molecule is CC(OC=O)C1=CC=CCC1. The third-order valence-electron chi connectivity index (χ3n) is 1.83. The van der Waals surface area contributed by atoms with Crippen molar-refractivity contribution >= 4 is 6.47 Å². The number of carbonyl (C=O) groups excluding carboxylic acids is 1. The highest BCUT2D eigenvalue weighted by Crippen LogP contribution is 2.16. The minimum absolute atomic E-state index is 0.0579. The van der Waals surface area contributed by atoms with Crippen LogP contribution in [0.2, 0.25) is 0 Å². The number of allylic oxidation sites excluding steroid dienone is 3. The molecule has 2 nitrogen and oxygen atoms in total. The number of hydrogen-bond donors (Lipinski definition) is 0. The van der Waals surface area contributed by atoms with Crippen LogP contribution in [0.5, 0.6) is 0 Å². The summed E-state index contributed by atoms with van der Waals surface area (Å²) in [6.45, 7) is 2.39. The third-order valence-corrected chi connectivity index (χ3v) is 1.83. The van der Waals surface area contributed by atoms with E-state index in [1.165, 1.54) is 5.57 Å². The van der Waals surface area contributed by atoms with E-state index in [4.69, 9.17) is 4.74 Å². The van der Waals surface area contributed by atoms with Crippen molar-refractivity contribution in [2.75, 3.05) is 0 Å². The van der Waals surface area contributed by atoms with Gasteiger partial charge in [-0.1, -0.05) is 18.2 Å². The van der Waals surface area contributed by atoms with Crippen LogP contribution in [0, 0.1) is 0 Å². The molecule has 1 aliphatic rings. The van der Waals surface area contributed by atoms with Crippen molar-refractivity contribution in [3.05, 3.63) is 23.8 Å². The molecule has 60 valence electrons. The Morgan fingerprint density at radius 2 is 2.55 bits per heavy atom. The first kappa shape index (κ1) is 8.05. The zero-order valence-corrected chi connectivity index (χ0v) is 6.62. The van der Waals surface area contributed by atoms with Crippen LogP contribution in [0.1, 0.15) is 19.8 Å². The van der Waals surface area contributed by atoms with Gasteiger partial charge in [0.2, 0.25) is 0 Å². The van der Waals surface area contributed by atoms with Crippen molar-refractivity contribution in [2.24, 2.45) is 0 Å². The van der Waals surface area contributed by atoms with Crippen molar-refractivity contribution in [3.8, 4) is 0 Å². The summed E-state index contributed by atoms with van der Waals surface area (Å²) in [6.07, 6.45) is 8.12. The Labute approximate surface area is 66.5 Å². The van der Waals surface area contributed by atoms with Gasteiger partial charge in [-0.25, -0.2) is 0 Å². The fourth-order valence-corrected chi connectivity index (χ4v) is 1.13. The highest BCUT2D eigenvalue weighted by Gasteiger charge is 2.08. The zero-order chi connectivity index (χ0) is 8.10. The monoisotopic (exact) mass is 152 g/mol. The van der Waals surface area contributed by atoms with Crippen LogP contribution >= 0.6 is 0 Å². The molecule has 0 amide bonds. The molecular weight excluding hydrogens is 140 g/mol. The van der Waals surface area contributed by atoms with Crippen LogP contribution in [0.3, 0.4) is 0 Å². The lowest BCUT2D eigenvalue weighted by atomic mass is 10.0. The molecule has 1 aliphatic carbocycles. The summed E-state index contributed by atoms with van der Waals surface area (Å²) in [5.74, 6) is 0. The molecule has 1 unspecified atom stereocenters. The van der Waals surface area contributed by atoms with Crippen LogP contribution < -0.4 is 0 Å². The lowest BCUT2D eigenvalue weighted by Crippen LogP contribution is -2.11. The predicted octanol–water partition coefficient (Wildman–Crippen LogP) is 1.82. The summed E-state index contributed by atoms with van der Waals surface area (Å²) in [6, 6.07) is 0. The van der Waals surface area contributed by atoms with Crippen molar-refractivity contribution in [3.63, 3.8) is 0 Å². The molecule has 0 aromatic rings. The molecule has 0 aliphatic heterocycles. The molecule has 0 aromatic heterocycles. The Morgan fingerprint density at radius 1 is 1.73 bits per heavy atom. The number of rotatable bonds is 3. The summed E-state index contributed by atoms with van der Waals surface area (Å²) in [7, 11) is 0. The highest BCUT2D eigenvalue weighted by atomic mass is 16.5. The lowest BCUT2D eigenvalue weighted by molar-refractivity contribution is -0.131. The van der Waals surface area contributed by atoms with Crippen molar-refractivity contribution in [1.29, 1.82) is 0 Å². The van der Waals surface area contributed by atoms with Gasteiger partial charge >= 0.3 is 0 Å². The average Bonchev–Trinajstić information content (AvgIpc) is 2.07. The first-order chi connectivity index (χ1) is 5.34. The molecule has 0 saturated heterocycles. The van der Waals surface area contributed by atoms with Crippen molar-refractivity contribution < 1.29 is 9.53 Å². The second-order valence-electron chi connectivity index (χ2n) is 2.58. The summed E-state index contributed by atoms with van der Waals surface area (Å²) < 4.78 is 4.80. The van der Waals surface area contributed by atoms with Gasteiger partial charge in [0.15, 0.2) is 0 Å². The Hall–Kier alpha value is -1.05. The van der Waals surface area contributed by atoms with Crippen LogP contribution in [0.4, 0.5) is 0 Å². The fraction of sp³-hybridized carbons (Fsp3) is 0.444. The Kier molecular flexibility index (Phi) is 2.90. The van der Waals surface area contributed by atoms with E-state index in [9.17, 15) is 4.79 Å². The van der Waals surface area contributed by atoms with Gasteiger partial charge in [-0.2, -0.15) is 0 Å². The van der Waals surface area contributed by atoms with Crippen LogP contribution in [0.15, 0.2) is 23.8 Å². The Bertz CT molecular complexity index is 192. The average molecular weight is 152 g/mol. The third kappa shape index (κ3) is 2.22. The maximum atomic E-state index is 9.99. The van der Waals surface area contributed by atoms with Gasteiger partial charge in [0.25, 0.3) is 6.47 Å². The summed E-state index contributed by atoms with van der Waals surface area (Å²) >= 11 is 0. The molecule has 1 atom stereocenters. The lowest BCUT2D eigenvalue weighted by Gasteiger charge is -2.14. The van der Waals surface area contributed by atoms with E-state index >= 15 is 0 Å². The number of hydrogen-bond acceptors (Lipinski definition) is 2. The summed E-state index contributed by atoms with van der Waals surface area (Å²) in [5, 5.41) is 0. The molecule has 2 heteroatoms. The second-order valence-corrected chi connectivity index (χ2v) is 2.58. The molecule has 0 fully saturated rings. The van der Waals surface area contributed by atoms with E-state index in [1.54, 1.807) is 0 Å². The quantitative estimate of drug-likeness (QED) is 0.576. The van der Waals surface area contributed by atoms with E-state index in [0.717, 1.165) is 12.8 Å². The van der Waals surface area contributed by atoms with Gasteiger partial charge in [-0.15, -0.1) is 0 Å². The molecule has 0 N–H and O–H groups in total. The molecule has 0 spiro atoms. The topological polar surface area (TPSA) is 26.3 Å². The summed E-state index contributed by atoms with van der Waals surface area (Å²) in [5.41, 5.74) is 1.19. The number of carbonyl (C=O) groups is 1. The molecule has 1 rings (SSSR count). The molecular formula is C9H12O2. The van der Waals surface area contributed by atoms with Gasteiger partial charge < -0.3 is 4.74 Å². The van der Waals surface area contributed by atoms with Gasteiger partial charge in [0.1, 0.15) is 6.10 Å². The minimum atomic E-state index is -0.0579. The Balaban J connectivity index is 2.50. The highest BCUT2D eigenvalue weighted by molar-refractivity contribution is 5.39. The van der Waals surface area contributed by atoms with Gasteiger partial charge in [0.05, 0.1) is 0 Å².